The Kier molecular flexibility index (Phi) is 7.79. The largest absolute Gasteiger partial charge is 0.395 e. The average Bonchev–Trinajstić information content (AvgIpc) is 2.51. The molecule has 3 N–H and O–H groups in total. The molecule has 0 saturated heterocycles. The second-order valence-corrected chi connectivity index (χ2v) is 5.13. The minimum Gasteiger partial charge on any atom is -0.395 e. The molecule has 0 aliphatic carbocycles. The zero-order valence-electron chi connectivity index (χ0n) is 13.2. The van der Waals surface area contributed by atoms with Crippen LogP contribution in [0.2, 0.25) is 0 Å². The van der Waals surface area contributed by atoms with Crippen LogP contribution in [0.5, 0.6) is 0 Å². The fourth-order valence-electron chi connectivity index (χ4n) is 2.01. The Morgan fingerprint density at radius 3 is 2.48 bits per heavy atom. The molecule has 21 heavy (non-hydrogen) atoms. The molecule has 0 bridgehead atoms. The van der Waals surface area contributed by atoms with Crippen LogP contribution in [0.15, 0.2) is 24.3 Å². The van der Waals surface area contributed by atoms with Gasteiger partial charge in [-0.3, -0.25) is 0 Å². The molecule has 1 aromatic rings. The maximum atomic E-state index is 12.2. The third kappa shape index (κ3) is 5.73. The van der Waals surface area contributed by atoms with Crippen LogP contribution < -0.4 is 10.6 Å². The Hall–Kier alpha value is -1.59. The topological polar surface area (TPSA) is 64.6 Å². The molecule has 0 aromatic heterocycles. The van der Waals surface area contributed by atoms with E-state index in [9.17, 15) is 4.79 Å². The van der Waals surface area contributed by atoms with E-state index in [0.717, 1.165) is 18.5 Å². The number of carbonyl (C=O) groups is 1. The van der Waals surface area contributed by atoms with Gasteiger partial charge < -0.3 is 20.6 Å². The van der Waals surface area contributed by atoms with Crippen LogP contribution in [0.1, 0.15) is 38.3 Å². The number of unbranched alkanes of at least 4 members (excludes halogenated alkanes) is 1. The van der Waals surface area contributed by atoms with E-state index < -0.39 is 0 Å². The van der Waals surface area contributed by atoms with Crippen molar-refractivity contribution in [1.82, 2.24) is 10.2 Å². The minimum absolute atomic E-state index is 0.0181. The van der Waals surface area contributed by atoms with Gasteiger partial charge in [0.2, 0.25) is 0 Å². The Labute approximate surface area is 127 Å². The first kappa shape index (κ1) is 17.5. The zero-order valence-corrected chi connectivity index (χ0v) is 13.2. The summed E-state index contributed by atoms with van der Waals surface area (Å²) < 4.78 is 0. The van der Waals surface area contributed by atoms with Gasteiger partial charge in [-0.05, 0) is 38.1 Å². The number of hydrogen-bond donors (Lipinski definition) is 3. The summed E-state index contributed by atoms with van der Waals surface area (Å²) in [7, 11) is 1.92. The molecule has 0 aliphatic heterocycles. The Bertz CT molecular complexity index is 420. The molecule has 0 heterocycles. The second-order valence-electron chi connectivity index (χ2n) is 5.13. The highest BCUT2D eigenvalue weighted by atomic mass is 16.3. The number of urea groups is 1. The summed E-state index contributed by atoms with van der Waals surface area (Å²) >= 11 is 0. The molecule has 1 aromatic carbocycles. The van der Waals surface area contributed by atoms with Gasteiger partial charge in [-0.2, -0.15) is 0 Å². The predicted molar refractivity (Wildman–Crippen MR) is 86.5 cm³/mol. The van der Waals surface area contributed by atoms with E-state index >= 15 is 0 Å². The normalized spacial score (nSPS) is 12.0. The van der Waals surface area contributed by atoms with E-state index in [4.69, 9.17) is 5.11 Å². The Balaban J connectivity index is 2.63. The molecule has 0 saturated carbocycles. The first-order chi connectivity index (χ1) is 10.1. The lowest BCUT2D eigenvalue weighted by Crippen LogP contribution is -2.37. The van der Waals surface area contributed by atoms with Crippen LogP contribution in [-0.4, -0.2) is 42.8 Å². The Morgan fingerprint density at radius 1 is 1.29 bits per heavy atom. The van der Waals surface area contributed by atoms with E-state index in [-0.39, 0.29) is 18.7 Å². The number of nitrogens with one attached hydrogen (secondary N) is 2. The maximum Gasteiger partial charge on any atom is 0.321 e. The van der Waals surface area contributed by atoms with Gasteiger partial charge in [0, 0.05) is 24.8 Å². The number of rotatable bonds is 8. The van der Waals surface area contributed by atoms with Gasteiger partial charge >= 0.3 is 6.03 Å². The van der Waals surface area contributed by atoms with Crippen molar-refractivity contribution in [3.63, 3.8) is 0 Å². The third-order valence-electron chi connectivity index (χ3n) is 3.53. The number of anilines is 1. The molecule has 5 nitrogen and oxygen atoms in total. The summed E-state index contributed by atoms with van der Waals surface area (Å²) in [5.41, 5.74) is 1.94. The van der Waals surface area contributed by atoms with Crippen molar-refractivity contribution < 1.29 is 9.90 Å². The SMILES string of the molecule is CCCCN(CCO)C(=O)Nc1ccc(C(C)NC)cc1. The van der Waals surface area contributed by atoms with E-state index in [1.165, 1.54) is 5.56 Å². The minimum atomic E-state index is -0.160. The number of amides is 2. The number of carbonyl (C=O) groups excluding carboxylic acids is 1. The number of aliphatic hydroxyl groups is 1. The van der Waals surface area contributed by atoms with Gasteiger partial charge in [-0.25, -0.2) is 4.79 Å². The average molecular weight is 293 g/mol. The molecule has 1 atom stereocenters. The zero-order chi connectivity index (χ0) is 15.7. The summed E-state index contributed by atoms with van der Waals surface area (Å²) in [5.74, 6) is 0. The summed E-state index contributed by atoms with van der Waals surface area (Å²) in [6, 6.07) is 7.92. The van der Waals surface area contributed by atoms with E-state index in [2.05, 4.69) is 24.5 Å². The number of benzene rings is 1. The second kappa shape index (κ2) is 9.37. The predicted octanol–water partition coefficient (Wildman–Crippen LogP) is 2.59. The van der Waals surface area contributed by atoms with E-state index in [0.29, 0.717) is 13.1 Å². The molecule has 118 valence electrons. The van der Waals surface area contributed by atoms with Crippen LogP contribution in [0.4, 0.5) is 10.5 Å². The molecule has 2 amide bonds. The van der Waals surface area contributed by atoms with Crippen LogP contribution in [0.25, 0.3) is 0 Å². The molecule has 5 heteroatoms. The van der Waals surface area contributed by atoms with Gasteiger partial charge in [0.1, 0.15) is 0 Å². The van der Waals surface area contributed by atoms with Crippen LogP contribution >= 0.6 is 0 Å². The number of aliphatic hydroxyl groups excluding tert-OH is 1. The molecule has 0 spiro atoms. The first-order valence-corrected chi connectivity index (χ1v) is 7.56. The lowest BCUT2D eigenvalue weighted by molar-refractivity contribution is 0.187. The van der Waals surface area contributed by atoms with Crippen molar-refractivity contribution in [2.24, 2.45) is 0 Å². The fourth-order valence-corrected chi connectivity index (χ4v) is 2.01. The molecule has 0 aliphatic rings. The number of hydrogen-bond acceptors (Lipinski definition) is 3. The van der Waals surface area contributed by atoms with Gasteiger partial charge in [0.15, 0.2) is 0 Å². The summed E-state index contributed by atoms with van der Waals surface area (Å²) in [4.78, 5) is 13.8. The standard InChI is InChI=1S/C16H27N3O2/c1-4-5-10-19(11-12-20)16(21)18-15-8-6-14(7-9-15)13(2)17-3/h6-9,13,17,20H,4-5,10-12H2,1-3H3,(H,18,21). The van der Waals surface area contributed by atoms with Gasteiger partial charge in [-0.1, -0.05) is 25.5 Å². The highest BCUT2D eigenvalue weighted by Crippen LogP contribution is 2.16. The van der Waals surface area contributed by atoms with Crippen LogP contribution in [0, 0.1) is 0 Å². The van der Waals surface area contributed by atoms with Crippen LogP contribution in [0.3, 0.4) is 0 Å². The van der Waals surface area contributed by atoms with Crippen molar-refractivity contribution in [1.29, 1.82) is 0 Å². The molecule has 1 rings (SSSR count). The summed E-state index contributed by atoms with van der Waals surface area (Å²) in [6.45, 7) is 5.17. The first-order valence-electron chi connectivity index (χ1n) is 7.56. The molecular weight excluding hydrogens is 266 g/mol. The smallest absolute Gasteiger partial charge is 0.321 e. The van der Waals surface area contributed by atoms with E-state index in [1.54, 1.807) is 4.90 Å². The Morgan fingerprint density at radius 2 is 1.95 bits per heavy atom. The maximum absolute atomic E-state index is 12.2. The van der Waals surface area contributed by atoms with E-state index in [1.807, 2.05) is 31.3 Å². The monoisotopic (exact) mass is 293 g/mol. The quantitative estimate of drug-likeness (QED) is 0.690. The molecule has 1 unspecified atom stereocenters. The van der Waals surface area contributed by atoms with Gasteiger partial charge in [0.25, 0.3) is 0 Å². The van der Waals surface area contributed by atoms with Crippen LogP contribution in [-0.2, 0) is 0 Å². The third-order valence-corrected chi connectivity index (χ3v) is 3.53. The lowest BCUT2D eigenvalue weighted by atomic mass is 10.1. The van der Waals surface area contributed by atoms with Crippen molar-refractivity contribution in [3.8, 4) is 0 Å². The van der Waals surface area contributed by atoms with Crippen molar-refractivity contribution in [2.75, 3.05) is 32.1 Å². The van der Waals surface area contributed by atoms with Crippen molar-refractivity contribution >= 4 is 11.7 Å². The summed E-state index contributed by atoms with van der Waals surface area (Å²) in [5, 5.41) is 15.1. The molecule has 0 radical (unpaired) electrons. The van der Waals surface area contributed by atoms with Crippen molar-refractivity contribution in [3.05, 3.63) is 29.8 Å². The highest BCUT2D eigenvalue weighted by molar-refractivity contribution is 5.89. The summed E-state index contributed by atoms with van der Waals surface area (Å²) in [6.07, 6.45) is 1.96. The highest BCUT2D eigenvalue weighted by Gasteiger charge is 2.12. The van der Waals surface area contributed by atoms with Crippen molar-refractivity contribution in [2.45, 2.75) is 32.7 Å². The number of nitrogens with zero attached hydrogens (tertiary/aromatic N) is 1. The fraction of sp³-hybridized carbons (Fsp3) is 0.562. The molecule has 0 fully saturated rings. The van der Waals surface area contributed by atoms with Gasteiger partial charge in [0.05, 0.1) is 6.61 Å². The lowest BCUT2D eigenvalue weighted by Gasteiger charge is -2.22. The van der Waals surface area contributed by atoms with Gasteiger partial charge in [-0.15, -0.1) is 0 Å². The molecular formula is C16H27N3O2.